The van der Waals surface area contributed by atoms with Crippen molar-refractivity contribution in [1.82, 2.24) is 5.32 Å². The summed E-state index contributed by atoms with van der Waals surface area (Å²) in [4.78, 5) is 4.38. The molecule has 0 spiro atoms. The highest BCUT2D eigenvalue weighted by molar-refractivity contribution is 14.1. The minimum atomic E-state index is -0.393. The minimum absolute atomic E-state index is 0.393. The van der Waals surface area contributed by atoms with Gasteiger partial charge in [-0.1, -0.05) is 24.3 Å². The smallest absolute Gasteiger partial charge is 0.0839 e. The Morgan fingerprint density at radius 1 is 1.43 bits per heavy atom. The molecule has 0 aromatic rings. The van der Waals surface area contributed by atoms with E-state index >= 15 is 0 Å². The molecule has 2 rings (SSSR count). The molecule has 0 heterocycles. The van der Waals surface area contributed by atoms with Crippen molar-refractivity contribution in [1.29, 1.82) is 0 Å². The predicted molar refractivity (Wildman–Crippen MR) is 106 cm³/mol. The molecule has 0 bridgehead atoms. The Balaban J connectivity index is 1.63. The first-order chi connectivity index (χ1) is 10.1. The fraction of sp³-hybridized carbons (Fsp3) is 0.438. The van der Waals surface area contributed by atoms with E-state index in [-0.39, 0.29) is 0 Å². The van der Waals surface area contributed by atoms with Crippen molar-refractivity contribution < 1.29 is 5.11 Å². The molecule has 0 aromatic heterocycles. The van der Waals surface area contributed by atoms with Crippen molar-refractivity contribution in [3.8, 4) is 0 Å². The zero-order valence-electron chi connectivity index (χ0n) is 11.8. The average Bonchev–Trinajstić information content (AvgIpc) is 2.43. The maximum Gasteiger partial charge on any atom is 0.0839 e. The molecule has 0 fully saturated rings. The number of hydrogen-bond acceptors (Lipinski definition) is 3. The second kappa shape index (κ2) is 9.22. The fourth-order valence-electron chi connectivity index (χ4n) is 2.29. The van der Waals surface area contributed by atoms with Gasteiger partial charge in [-0.05, 0) is 79.2 Å². The quantitative estimate of drug-likeness (QED) is 0.327. The lowest BCUT2D eigenvalue weighted by Gasteiger charge is -2.17. The highest BCUT2D eigenvalue weighted by Gasteiger charge is 2.12. The van der Waals surface area contributed by atoms with Gasteiger partial charge in [-0.2, -0.15) is 0 Å². The van der Waals surface area contributed by atoms with Gasteiger partial charge in [-0.15, -0.1) is 0 Å². The lowest BCUT2D eigenvalue weighted by atomic mass is 10.0. The third-order valence-corrected chi connectivity index (χ3v) is 4.80. The first-order valence-corrected chi connectivity index (χ1v) is 9.29. The molecule has 2 aliphatic carbocycles. The first-order valence-electron chi connectivity index (χ1n) is 7.14. The third-order valence-electron chi connectivity index (χ3n) is 3.38. The van der Waals surface area contributed by atoms with Crippen LogP contribution in [-0.4, -0.2) is 37.1 Å². The van der Waals surface area contributed by atoms with Crippen LogP contribution in [0.2, 0.25) is 0 Å². The standard InChI is InChI=1S/C16H20I2N2O/c17-14-7-12(8-15(18)9-14)10-19-5-6-20-11-13-3-1-2-4-16(13)21/h1-3,7,9,11-12,16,19,21H,4-6,8,10H2. The Kier molecular flexibility index (Phi) is 7.62. The summed E-state index contributed by atoms with van der Waals surface area (Å²) in [6.07, 6.45) is 13.7. The fourth-order valence-corrected chi connectivity index (χ4v) is 4.67. The lowest BCUT2D eigenvalue weighted by molar-refractivity contribution is 0.219. The Morgan fingerprint density at radius 2 is 2.29 bits per heavy atom. The topological polar surface area (TPSA) is 44.6 Å². The predicted octanol–water partition coefficient (Wildman–Crippen LogP) is 3.55. The second-order valence-corrected chi connectivity index (χ2v) is 7.82. The summed E-state index contributed by atoms with van der Waals surface area (Å²) in [5, 5.41) is 13.2. The molecule has 3 nitrogen and oxygen atoms in total. The van der Waals surface area contributed by atoms with Crippen LogP contribution in [0.5, 0.6) is 0 Å². The summed E-state index contributed by atoms with van der Waals surface area (Å²) in [6, 6.07) is 0. The SMILES string of the molecule is OC1CC=CC=C1C=NCCNCC1C=C(I)C=C(I)C1. The summed E-state index contributed by atoms with van der Waals surface area (Å²) in [5.41, 5.74) is 0.905. The summed E-state index contributed by atoms with van der Waals surface area (Å²) in [6.45, 7) is 2.61. The van der Waals surface area contributed by atoms with Crippen molar-refractivity contribution in [2.45, 2.75) is 18.9 Å². The van der Waals surface area contributed by atoms with E-state index in [1.807, 2.05) is 18.2 Å². The van der Waals surface area contributed by atoms with Crippen LogP contribution in [0.4, 0.5) is 0 Å². The molecule has 0 aromatic carbocycles. The van der Waals surface area contributed by atoms with Crippen LogP contribution < -0.4 is 5.32 Å². The van der Waals surface area contributed by atoms with Crippen molar-refractivity contribution in [3.63, 3.8) is 0 Å². The van der Waals surface area contributed by atoms with E-state index in [1.54, 1.807) is 6.21 Å². The van der Waals surface area contributed by atoms with Gasteiger partial charge in [0.25, 0.3) is 0 Å². The third kappa shape index (κ3) is 6.33. The van der Waals surface area contributed by atoms with Crippen molar-refractivity contribution >= 4 is 51.4 Å². The number of aliphatic hydroxyl groups excluding tert-OH is 1. The van der Waals surface area contributed by atoms with Gasteiger partial charge in [0, 0.05) is 22.9 Å². The Hall–Kier alpha value is 0.0100. The van der Waals surface area contributed by atoms with E-state index in [9.17, 15) is 5.11 Å². The molecule has 114 valence electrons. The van der Waals surface area contributed by atoms with E-state index in [0.717, 1.165) is 31.6 Å². The van der Waals surface area contributed by atoms with Crippen molar-refractivity contribution in [3.05, 3.63) is 43.1 Å². The number of halogens is 2. The summed E-state index contributed by atoms with van der Waals surface area (Å²) >= 11 is 4.80. The van der Waals surface area contributed by atoms with Crippen molar-refractivity contribution in [2.75, 3.05) is 19.6 Å². The number of nitrogens with zero attached hydrogens (tertiary/aromatic N) is 1. The largest absolute Gasteiger partial charge is 0.388 e. The molecule has 21 heavy (non-hydrogen) atoms. The van der Waals surface area contributed by atoms with Gasteiger partial charge in [0.15, 0.2) is 0 Å². The molecule has 0 radical (unpaired) electrons. The molecule has 2 unspecified atom stereocenters. The van der Waals surface area contributed by atoms with Crippen LogP contribution in [0.1, 0.15) is 12.8 Å². The maximum absolute atomic E-state index is 9.75. The van der Waals surface area contributed by atoms with Crippen LogP contribution in [0, 0.1) is 5.92 Å². The summed E-state index contributed by atoms with van der Waals surface area (Å²) < 4.78 is 2.76. The van der Waals surface area contributed by atoms with Gasteiger partial charge in [0.05, 0.1) is 12.6 Å². The van der Waals surface area contributed by atoms with Crippen LogP contribution in [-0.2, 0) is 0 Å². The van der Waals surface area contributed by atoms with Gasteiger partial charge in [-0.3, -0.25) is 4.99 Å². The number of nitrogens with one attached hydrogen (secondary N) is 1. The number of aliphatic hydroxyl groups is 1. The monoisotopic (exact) mass is 510 g/mol. The molecule has 2 atom stereocenters. The normalized spacial score (nSPS) is 25.8. The van der Waals surface area contributed by atoms with Gasteiger partial charge >= 0.3 is 0 Å². The van der Waals surface area contributed by atoms with E-state index in [1.165, 1.54) is 7.16 Å². The highest BCUT2D eigenvalue weighted by atomic mass is 127. The minimum Gasteiger partial charge on any atom is -0.388 e. The molecule has 2 aliphatic rings. The van der Waals surface area contributed by atoms with Crippen molar-refractivity contribution in [2.24, 2.45) is 10.9 Å². The average molecular weight is 510 g/mol. The van der Waals surface area contributed by atoms with Crippen LogP contribution in [0.15, 0.2) is 48.1 Å². The van der Waals surface area contributed by atoms with Gasteiger partial charge in [0.1, 0.15) is 0 Å². The number of rotatable bonds is 6. The van der Waals surface area contributed by atoms with Gasteiger partial charge < -0.3 is 10.4 Å². The highest BCUT2D eigenvalue weighted by Crippen LogP contribution is 2.29. The Morgan fingerprint density at radius 3 is 3.05 bits per heavy atom. The second-order valence-electron chi connectivity index (χ2n) is 5.19. The van der Waals surface area contributed by atoms with Crippen LogP contribution in [0.3, 0.4) is 0 Å². The first kappa shape index (κ1) is 17.4. The van der Waals surface area contributed by atoms with E-state index in [4.69, 9.17) is 0 Å². The van der Waals surface area contributed by atoms with Crippen LogP contribution >= 0.6 is 45.2 Å². The number of aliphatic imine (C=N–C) groups is 1. The molecule has 5 heteroatoms. The van der Waals surface area contributed by atoms with E-state index in [0.29, 0.717) is 12.3 Å². The number of allylic oxidation sites excluding steroid dienone is 5. The lowest BCUT2D eigenvalue weighted by Crippen LogP contribution is -2.25. The molecular formula is C16H20I2N2O. The van der Waals surface area contributed by atoms with Gasteiger partial charge in [0.2, 0.25) is 0 Å². The van der Waals surface area contributed by atoms with Gasteiger partial charge in [-0.25, -0.2) is 0 Å². The maximum atomic E-state index is 9.75. The summed E-state index contributed by atoms with van der Waals surface area (Å²) in [7, 11) is 0. The molecule has 0 saturated carbocycles. The zero-order valence-corrected chi connectivity index (χ0v) is 16.1. The zero-order chi connectivity index (χ0) is 15.1. The molecular weight excluding hydrogens is 490 g/mol. The summed E-state index contributed by atoms with van der Waals surface area (Å²) in [5.74, 6) is 0.589. The van der Waals surface area contributed by atoms with E-state index in [2.05, 4.69) is 67.6 Å². The van der Waals surface area contributed by atoms with Crippen LogP contribution in [0.25, 0.3) is 0 Å². The Bertz CT molecular complexity index is 506. The number of hydrogen-bond donors (Lipinski definition) is 2. The molecule has 0 aliphatic heterocycles. The van der Waals surface area contributed by atoms with E-state index < -0.39 is 6.10 Å². The Labute approximate surface area is 153 Å². The molecule has 0 saturated heterocycles. The molecule has 0 amide bonds. The molecule has 2 N–H and O–H groups in total.